The molecule has 7 heteroatoms. The van der Waals surface area contributed by atoms with E-state index >= 15 is 0 Å². The van der Waals surface area contributed by atoms with Gasteiger partial charge in [-0.1, -0.05) is 23.5 Å². The number of fused-ring (bicyclic) bond motifs is 1. The highest BCUT2D eigenvalue weighted by Crippen LogP contribution is 2.37. The summed E-state index contributed by atoms with van der Waals surface area (Å²) in [5.41, 5.74) is 1.76. The number of nitrogens with zero attached hydrogens (tertiary/aromatic N) is 2. The van der Waals surface area contributed by atoms with Crippen molar-refractivity contribution in [3.05, 3.63) is 48.5 Å². The van der Waals surface area contributed by atoms with Crippen molar-refractivity contribution < 1.29 is 9.53 Å². The molecule has 27 heavy (non-hydrogen) atoms. The van der Waals surface area contributed by atoms with E-state index in [1.54, 1.807) is 28.0 Å². The first kappa shape index (κ1) is 18.7. The van der Waals surface area contributed by atoms with Crippen molar-refractivity contribution in [1.82, 2.24) is 4.98 Å². The Labute approximate surface area is 171 Å². The smallest absolute Gasteiger partial charge is 0.247 e. The van der Waals surface area contributed by atoms with Gasteiger partial charge in [0.15, 0.2) is 5.13 Å². The largest absolute Gasteiger partial charge is 0.494 e. The van der Waals surface area contributed by atoms with E-state index in [0.29, 0.717) is 6.61 Å². The molecular weight excluding hydrogens is 396 g/mol. The topological polar surface area (TPSA) is 42.4 Å². The minimum Gasteiger partial charge on any atom is -0.494 e. The lowest BCUT2D eigenvalue weighted by Gasteiger charge is -2.27. The fourth-order valence-corrected chi connectivity index (χ4v) is 6.50. The van der Waals surface area contributed by atoms with Gasteiger partial charge in [-0.3, -0.25) is 9.69 Å². The van der Waals surface area contributed by atoms with Gasteiger partial charge >= 0.3 is 0 Å². The van der Waals surface area contributed by atoms with E-state index in [-0.39, 0.29) is 11.2 Å². The monoisotopic (exact) mass is 416 g/mol. The van der Waals surface area contributed by atoms with Gasteiger partial charge < -0.3 is 4.74 Å². The fourth-order valence-electron chi connectivity index (χ4n) is 2.92. The maximum atomic E-state index is 13.4. The van der Waals surface area contributed by atoms with Crippen LogP contribution < -0.4 is 9.64 Å². The molecule has 4 rings (SSSR count). The molecule has 3 aromatic rings. The molecule has 1 atom stereocenters. The van der Waals surface area contributed by atoms with Gasteiger partial charge in [0.25, 0.3) is 0 Å². The predicted molar refractivity (Wildman–Crippen MR) is 118 cm³/mol. The number of hydrogen-bond acceptors (Lipinski definition) is 6. The summed E-state index contributed by atoms with van der Waals surface area (Å²) in [5.74, 6) is 3.88. The summed E-state index contributed by atoms with van der Waals surface area (Å²) in [6.07, 6.45) is 0. The molecule has 4 nitrogen and oxygen atoms in total. The molecule has 140 valence electrons. The zero-order valence-corrected chi connectivity index (χ0v) is 17.4. The van der Waals surface area contributed by atoms with Crippen molar-refractivity contribution in [2.45, 2.75) is 12.2 Å². The molecule has 0 saturated carbocycles. The van der Waals surface area contributed by atoms with E-state index in [0.717, 1.165) is 44.0 Å². The number of ether oxygens (including phenoxy) is 1. The molecule has 0 unspecified atom stereocenters. The normalized spacial score (nSPS) is 17.0. The van der Waals surface area contributed by atoms with Crippen LogP contribution in [0.15, 0.2) is 48.5 Å². The van der Waals surface area contributed by atoms with Crippen LogP contribution in [0.5, 0.6) is 5.75 Å². The van der Waals surface area contributed by atoms with Crippen LogP contribution in [-0.2, 0) is 4.79 Å². The van der Waals surface area contributed by atoms with E-state index in [1.807, 2.05) is 67.2 Å². The SMILES string of the molecule is CCOc1ccc(N(C(=O)[C@H]2CSCCS2)c2nc3ccccc3s2)cc1. The van der Waals surface area contributed by atoms with Crippen molar-refractivity contribution in [3.8, 4) is 5.75 Å². The number of para-hydroxylation sites is 1. The Balaban J connectivity index is 1.72. The minimum atomic E-state index is -0.0395. The Kier molecular flexibility index (Phi) is 5.90. The number of hydrogen-bond donors (Lipinski definition) is 0. The molecular formula is C20H20N2O2S3. The molecule has 0 radical (unpaired) electrons. The predicted octanol–water partition coefficient (Wildman–Crippen LogP) is 5.21. The second kappa shape index (κ2) is 8.54. The maximum Gasteiger partial charge on any atom is 0.247 e. The summed E-state index contributed by atoms with van der Waals surface area (Å²) in [5, 5.41) is 0.684. The zero-order valence-electron chi connectivity index (χ0n) is 15.0. The average Bonchev–Trinajstić information content (AvgIpc) is 3.14. The highest BCUT2D eigenvalue weighted by Gasteiger charge is 2.30. The minimum absolute atomic E-state index is 0.0395. The van der Waals surface area contributed by atoms with E-state index < -0.39 is 0 Å². The molecule has 2 heterocycles. The summed E-state index contributed by atoms with van der Waals surface area (Å²) < 4.78 is 6.63. The number of carbonyl (C=O) groups is 1. The third kappa shape index (κ3) is 4.10. The Bertz CT molecular complexity index is 887. The standard InChI is InChI=1S/C20H20N2O2S3/c1-2-24-15-9-7-14(8-10-15)22(19(23)18-13-25-11-12-26-18)20-21-16-5-3-4-6-17(16)27-20/h3-10,18H,2,11-13H2,1H3/t18-/m1/s1. The zero-order chi connectivity index (χ0) is 18.6. The lowest BCUT2D eigenvalue weighted by molar-refractivity contribution is -0.117. The number of aromatic nitrogens is 1. The molecule has 0 aliphatic carbocycles. The van der Waals surface area contributed by atoms with Crippen LogP contribution in [0.2, 0.25) is 0 Å². The number of amides is 1. The average molecular weight is 417 g/mol. The van der Waals surface area contributed by atoms with Gasteiger partial charge in [-0.25, -0.2) is 4.98 Å². The third-order valence-electron chi connectivity index (χ3n) is 4.19. The van der Waals surface area contributed by atoms with Gasteiger partial charge in [0, 0.05) is 17.3 Å². The number of benzene rings is 2. The maximum absolute atomic E-state index is 13.4. The molecule has 1 aliphatic heterocycles. The van der Waals surface area contributed by atoms with Gasteiger partial charge in [0.05, 0.1) is 27.8 Å². The highest BCUT2D eigenvalue weighted by atomic mass is 32.2. The summed E-state index contributed by atoms with van der Waals surface area (Å²) >= 11 is 5.15. The third-order valence-corrected chi connectivity index (χ3v) is 7.95. The lowest BCUT2D eigenvalue weighted by Crippen LogP contribution is -2.37. The fraction of sp³-hybridized carbons (Fsp3) is 0.300. The van der Waals surface area contributed by atoms with Crippen molar-refractivity contribution in [3.63, 3.8) is 0 Å². The second-order valence-electron chi connectivity index (χ2n) is 6.00. The van der Waals surface area contributed by atoms with Crippen LogP contribution in [0.25, 0.3) is 10.2 Å². The summed E-state index contributed by atoms with van der Waals surface area (Å²) in [6.45, 7) is 2.58. The number of anilines is 2. The molecule has 1 saturated heterocycles. The molecule has 2 aromatic carbocycles. The summed E-state index contributed by atoms with van der Waals surface area (Å²) in [7, 11) is 0. The first-order valence-corrected chi connectivity index (χ1v) is 11.9. The van der Waals surface area contributed by atoms with Crippen LogP contribution in [0.4, 0.5) is 10.8 Å². The van der Waals surface area contributed by atoms with E-state index in [4.69, 9.17) is 9.72 Å². The Morgan fingerprint density at radius 2 is 2.00 bits per heavy atom. The highest BCUT2D eigenvalue weighted by molar-refractivity contribution is 8.07. The van der Waals surface area contributed by atoms with Crippen LogP contribution in [-0.4, -0.2) is 40.0 Å². The van der Waals surface area contributed by atoms with Crippen LogP contribution in [0, 0.1) is 0 Å². The van der Waals surface area contributed by atoms with E-state index in [2.05, 4.69) is 0 Å². The van der Waals surface area contributed by atoms with E-state index in [1.165, 1.54) is 0 Å². The Morgan fingerprint density at radius 1 is 1.19 bits per heavy atom. The molecule has 1 aromatic heterocycles. The van der Waals surface area contributed by atoms with Crippen molar-refractivity contribution in [1.29, 1.82) is 0 Å². The van der Waals surface area contributed by atoms with E-state index in [9.17, 15) is 4.79 Å². The van der Waals surface area contributed by atoms with Crippen LogP contribution in [0.3, 0.4) is 0 Å². The second-order valence-corrected chi connectivity index (χ2v) is 9.47. The quantitative estimate of drug-likeness (QED) is 0.571. The molecule has 1 aliphatic rings. The summed E-state index contributed by atoms with van der Waals surface area (Å²) in [6, 6.07) is 15.7. The lowest BCUT2D eigenvalue weighted by atomic mass is 10.2. The summed E-state index contributed by atoms with van der Waals surface area (Å²) in [4.78, 5) is 19.9. The first-order chi connectivity index (χ1) is 13.3. The first-order valence-electron chi connectivity index (χ1n) is 8.88. The van der Waals surface area contributed by atoms with Gasteiger partial charge in [-0.2, -0.15) is 11.8 Å². The number of thioether (sulfide) groups is 2. The molecule has 0 spiro atoms. The number of rotatable bonds is 5. The van der Waals surface area contributed by atoms with Gasteiger partial charge in [-0.15, -0.1) is 11.8 Å². The van der Waals surface area contributed by atoms with Crippen LogP contribution >= 0.6 is 34.9 Å². The molecule has 0 N–H and O–H groups in total. The van der Waals surface area contributed by atoms with Gasteiger partial charge in [0.2, 0.25) is 5.91 Å². The number of carbonyl (C=O) groups excluding carboxylic acids is 1. The van der Waals surface area contributed by atoms with Crippen molar-refractivity contribution in [2.24, 2.45) is 0 Å². The Hall–Kier alpha value is -1.70. The van der Waals surface area contributed by atoms with Gasteiger partial charge in [0.1, 0.15) is 5.75 Å². The molecule has 0 bridgehead atoms. The van der Waals surface area contributed by atoms with Crippen molar-refractivity contribution in [2.75, 3.05) is 28.8 Å². The molecule has 1 amide bonds. The Morgan fingerprint density at radius 3 is 2.70 bits per heavy atom. The van der Waals surface area contributed by atoms with Crippen molar-refractivity contribution >= 4 is 61.8 Å². The van der Waals surface area contributed by atoms with Crippen LogP contribution in [0.1, 0.15) is 6.92 Å². The number of thiazole rings is 1. The molecule has 1 fully saturated rings. The van der Waals surface area contributed by atoms with Gasteiger partial charge in [-0.05, 0) is 43.3 Å².